The number of carbonyl (C=O) groups is 1. The van der Waals surface area contributed by atoms with Gasteiger partial charge in [0.15, 0.2) is 0 Å². The van der Waals surface area contributed by atoms with E-state index in [1.165, 1.54) is 6.92 Å². The Kier molecular flexibility index (Phi) is 2.32. The first-order valence-corrected chi connectivity index (χ1v) is 3.95. The zero-order chi connectivity index (χ0) is 9.35. The summed E-state index contributed by atoms with van der Waals surface area (Å²) in [4.78, 5) is 11.2. The van der Waals surface area contributed by atoms with E-state index in [9.17, 15) is 4.79 Å². The average Bonchev–Trinajstić information content (AvgIpc) is 1.82. The zero-order valence-electron chi connectivity index (χ0n) is 7.16. The van der Waals surface area contributed by atoms with Crippen LogP contribution in [0.2, 0.25) is 0 Å². The topological polar surface area (TPSA) is 95.1 Å². The van der Waals surface area contributed by atoms with Crippen LogP contribution in [0.25, 0.3) is 0 Å². The molecule has 0 aromatic carbocycles. The molecule has 4 nitrogen and oxygen atoms in total. The van der Waals surface area contributed by atoms with Crippen LogP contribution in [0.4, 0.5) is 0 Å². The minimum Gasteiger partial charge on any atom is -0.324 e. The van der Waals surface area contributed by atoms with Crippen molar-refractivity contribution in [3.05, 3.63) is 12.2 Å². The summed E-state index contributed by atoms with van der Waals surface area (Å²) < 4.78 is 0. The second-order valence-electron chi connectivity index (χ2n) is 3.41. The number of hydrogen-bond acceptors (Lipinski definition) is 4. The first-order chi connectivity index (χ1) is 5.45. The summed E-state index contributed by atoms with van der Waals surface area (Å²) in [5, 5.41) is 0. The fourth-order valence-corrected chi connectivity index (χ4v) is 1.68. The van der Waals surface area contributed by atoms with E-state index in [0.717, 1.165) is 0 Å². The van der Waals surface area contributed by atoms with Gasteiger partial charge in [0.2, 0.25) is 0 Å². The molecule has 0 spiro atoms. The highest BCUT2D eigenvalue weighted by molar-refractivity contribution is 5.81. The van der Waals surface area contributed by atoms with Crippen molar-refractivity contribution in [1.29, 1.82) is 0 Å². The van der Waals surface area contributed by atoms with Crippen molar-refractivity contribution in [2.45, 2.75) is 25.0 Å². The van der Waals surface area contributed by atoms with Gasteiger partial charge in [-0.1, -0.05) is 12.2 Å². The van der Waals surface area contributed by atoms with E-state index in [0.29, 0.717) is 6.42 Å². The van der Waals surface area contributed by atoms with Gasteiger partial charge < -0.3 is 17.2 Å². The third kappa shape index (κ3) is 1.55. The number of ketones is 1. The summed E-state index contributed by atoms with van der Waals surface area (Å²) in [5.41, 5.74) is 16.2. The predicted octanol–water partition coefficient (Wildman–Crippen LogP) is -0.907. The molecule has 0 amide bonds. The minimum atomic E-state index is -0.972. The summed E-state index contributed by atoms with van der Waals surface area (Å²) in [5.74, 6) is -0.501. The summed E-state index contributed by atoms with van der Waals surface area (Å²) in [6.07, 6.45) is 4.11. The van der Waals surface area contributed by atoms with Gasteiger partial charge in [-0.2, -0.15) is 0 Å². The Bertz CT molecular complexity index is 222. The Balaban J connectivity index is 2.92. The van der Waals surface area contributed by atoms with Gasteiger partial charge in [-0.25, -0.2) is 0 Å². The van der Waals surface area contributed by atoms with Gasteiger partial charge in [0.1, 0.15) is 5.78 Å². The standard InChI is InChI=1S/C8H15N3O/c1-5(12)7-6(9)3-2-4-8(7,10)11/h2-3,6-7H,4,9-11H2,1H3/t6-,7+/m1/s1. The van der Waals surface area contributed by atoms with Crippen LogP contribution in [0.3, 0.4) is 0 Å². The van der Waals surface area contributed by atoms with Crippen LogP contribution in [0, 0.1) is 5.92 Å². The van der Waals surface area contributed by atoms with Crippen LogP contribution >= 0.6 is 0 Å². The SMILES string of the molecule is CC(=O)[C@H]1[C@H](N)C=CCC1(N)N. The van der Waals surface area contributed by atoms with Crippen molar-refractivity contribution in [3.8, 4) is 0 Å². The smallest absolute Gasteiger partial charge is 0.137 e. The van der Waals surface area contributed by atoms with Gasteiger partial charge in [0.25, 0.3) is 0 Å². The molecule has 0 aromatic rings. The van der Waals surface area contributed by atoms with Crippen LogP contribution in [-0.2, 0) is 4.79 Å². The molecular weight excluding hydrogens is 154 g/mol. The molecule has 0 saturated heterocycles. The number of nitrogens with two attached hydrogens (primary N) is 3. The second-order valence-corrected chi connectivity index (χ2v) is 3.41. The van der Waals surface area contributed by atoms with Crippen LogP contribution in [0.1, 0.15) is 13.3 Å². The van der Waals surface area contributed by atoms with Gasteiger partial charge in [-0.05, 0) is 13.3 Å². The maximum atomic E-state index is 11.2. The second kappa shape index (κ2) is 2.97. The molecule has 6 N–H and O–H groups in total. The molecule has 1 aliphatic rings. The van der Waals surface area contributed by atoms with Gasteiger partial charge in [-0.15, -0.1) is 0 Å². The summed E-state index contributed by atoms with van der Waals surface area (Å²) in [6.45, 7) is 1.47. The number of hydrogen-bond donors (Lipinski definition) is 3. The lowest BCUT2D eigenvalue weighted by Gasteiger charge is -2.37. The van der Waals surface area contributed by atoms with E-state index >= 15 is 0 Å². The number of carbonyl (C=O) groups excluding carboxylic acids is 1. The zero-order valence-corrected chi connectivity index (χ0v) is 7.16. The van der Waals surface area contributed by atoms with E-state index in [1.54, 1.807) is 6.08 Å². The highest BCUT2D eigenvalue weighted by atomic mass is 16.1. The molecule has 12 heavy (non-hydrogen) atoms. The van der Waals surface area contributed by atoms with Crippen molar-refractivity contribution in [3.63, 3.8) is 0 Å². The van der Waals surface area contributed by atoms with E-state index in [2.05, 4.69) is 0 Å². The molecule has 68 valence electrons. The molecule has 0 bridgehead atoms. The third-order valence-electron chi connectivity index (χ3n) is 2.23. The van der Waals surface area contributed by atoms with Crippen LogP contribution < -0.4 is 17.2 Å². The van der Waals surface area contributed by atoms with Crippen molar-refractivity contribution < 1.29 is 4.79 Å². The van der Waals surface area contributed by atoms with Crippen LogP contribution in [0.15, 0.2) is 12.2 Å². The molecule has 1 rings (SSSR count). The van der Waals surface area contributed by atoms with E-state index in [1.807, 2.05) is 6.08 Å². The summed E-state index contributed by atoms with van der Waals surface area (Å²) >= 11 is 0. The highest BCUT2D eigenvalue weighted by Crippen LogP contribution is 2.23. The molecule has 0 saturated carbocycles. The molecule has 0 heterocycles. The molecule has 2 atom stereocenters. The number of Topliss-reactive ketones (excluding diaryl/α,β-unsaturated/α-hetero) is 1. The van der Waals surface area contributed by atoms with Gasteiger partial charge >= 0.3 is 0 Å². The molecular formula is C8H15N3O. The summed E-state index contributed by atoms with van der Waals surface area (Å²) in [6, 6.07) is -0.341. The molecule has 0 aromatic heterocycles. The predicted molar refractivity (Wildman–Crippen MR) is 47.0 cm³/mol. The minimum absolute atomic E-state index is 0.0446. The van der Waals surface area contributed by atoms with Crippen molar-refractivity contribution in [1.82, 2.24) is 0 Å². The lowest BCUT2D eigenvalue weighted by atomic mass is 9.78. The van der Waals surface area contributed by atoms with E-state index < -0.39 is 11.6 Å². The van der Waals surface area contributed by atoms with Crippen LogP contribution in [-0.4, -0.2) is 17.5 Å². The lowest BCUT2D eigenvalue weighted by Crippen LogP contribution is -2.63. The largest absolute Gasteiger partial charge is 0.324 e. The normalized spacial score (nSPS) is 33.3. The average molecular weight is 169 g/mol. The molecule has 0 aliphatic heterocycles. The molecule has 1 aliphatic carbocycles. The van der Waals surface area contributed by atoms with E-state index in [-0.39, 0.29) is 11.8 Å². The Morgan fingerprint density at radius 3 is 2.50 bits per heavy atom. The molecule has 0 fully saturated rings. The fourth-order valence-electron chi connectivity index (χ4n) is 1.68. The first-order valence-electron chi connectivity index (χ1n) is 3.95. The van der Waals surface area contributed by atoms with E-state index in [4.69, 9.17) is 17.2 Å². The fraction of sp³-hybridized carbons (Fsp3) is 0.625. The maximum Gasteiger partial charge on any atom is 0.137 e. The Morgan fingerprint density at radius 1 is 1.58 bits per heavy atom. The number of rotatable bonds is 1. The highest BCUT2D eigenvalue weighted by Gasteiger charge is 2.39. The summed E-state index contributed by atoms with van der Waals surface area (Å²) in [7, 11) is 0. The molecule has 0 radical (unpaired) electrons. The Morgan fingerprint density at radius 2 is 2.17 bits per heavy atom. The van der Waals surface area contributed by atoms with Gasteiger partial charge in [-0.3, -0.25) is 4.79 Å². The first kappa shape index (κ1) is 9.38. The quantitative estimate of drug-likeness (QED) is 0.350. The Labute approximate surface area is 71.8 Å². The van der Waals surface area contributed by atoms with Crippen LogP contribution in [0.5, 0.6) is 0 Å². The van der Waals surface area contributed by atoms with Gasteiger partial charge in [0, 0.05) is 6.04 Å². The Hall–Kier alpha value is -0.710. The monoisotopic (exact) mass is 169 g/mol. The van der Waals surface area contributed by atoms with Crippen molar-refractivity contribution in [2.24, 2.45) is 23.1 Å². The van der Waals surface area contributed by atoms with Crippen molar-refractivity contribution in [2.75, 3.05) is 0 Å². The lowest BCUT2D eigenvalue weighted by molar-refractivity contribution is -0.123. The van der Waals surface area contributed by atoms with Gasteiger partial charge in [0.05, 0.1) is 11.6 Å². The maximum absolute atomic E-state index is 11.2. The van der Waals surface area contributed by atoms with Crippen molar-refractivity contribution >= 4 is 5.78 Å². The third-order valence-corrected chi connectivity index (χ3v) is 2.23. The molecule has 4 heteroatoms. The molecule has 0 unspecified atom stereocenters.